The second kappa shape index (κ2) is 4.39. The molecule has 0 saturated heterocycles. The smallest absolute Gasteiger partial charge is 0.265 e. The molecule has 2 heterocycles. The predicted octanol–water partition coefficient (Wildman–Crippen LogP) is 2.13. The number of hydrogen-bond donors (Lipinski definition) is 0. The molecule has 0 aliphatic rings. The van der Waals surface area contributed by atoms with Crippen molar-refractivity contribution in [3.63, 3.8) is 0 Å². The molecular formula is C11H7IN4OS. The van der Waals surface area contributed by atoms with Gasteiger partial charge >= 0.3 is 0 Å². The van der Waals surface area contributed by atoms with E-state index in [-0.39, 0.29) is 5.56 Å². The highest BCUT2D eigenvalue weighted by molar-refractivity contribution is 14.1. The molecule has 5 nitrogen and oxygen atoms in total. The molecule has 0 aliphatic heterocycles. The lowest BCUT2D eigenvalue weighted by molar-refractivity contribution is 0.829. The number of rotatable bonds is 1. The molecular weight excluding hydrogens is 363 g/mol. The second-order valence-corrected chi connectivity index (χ2v) is 5.79. The fourth-order valence-electron chi connectivity index (χ4n) is 1.54. The number of fused-ring (bicyclic) bond motifs is 1. The highest BCUT2D eigenvalue weighted by Gasteiger charge is 2.12. The average Bonchev–Trinajstić information content (AvgIpc) is 2.79. The SMILES string of the molecule is Cc1nnc2sc(-c3ccccc3I)nn2c1=O. The van der Waals surface area contributed by atoms with Crippen LogP contribution in [-0.4, -0.2) is 19.8 Å². The zero-order valence-electron chi connectivity index (χ0n) is 9.29. The van der Waals surface area contributed by atoms with Crippen molar-refractivity contribution < 1.29 is 0 Å². The van der Waals surface area contributed by atoms with Crippen LogP contribution in [0.5, 0.6) is 0 Å². The van der Waals surface area contributed by atoms with Crippen LogP contribution in [-0.2, 0) is 0 Å². The molecule has 0 spiro atoms. The Morgan fingerprint density at radius 3 is 2.83 bits per heavy atom. The van der Waals surface area contributed by atoms with E-state index in [1.54, 1.807) is 6.92 Å². The molecule has 3 aromatic rings. The fraction of sp³-hybridized carbons (Fsp3) is 0.0909. The Balaban J connectivity index is 2.30. The van der Waals surface area contributed by atoms with Crippen molar-refractivity contribution in [1.82, 2.24) is 19.8 Å². The van der Waals surface area contributed by atoms with E-state index in [0.717, 1.165) is 14.1 Å². The number of hydrogen-bond acceptors (Lipinski definition) is 5. The van der Waals surface area contributed by atoms with E-state index in [1.807, 2.05) is 24.3 Å². The Labute approximate surface area is 120 Å². The molecule has 1 aromatic carbocycles. The first-order chi connectivity index (χ1) is 8.66. The van der Waals surface area contributed by atoms with Crippen molar-refractivity contribution in [3.8, 4) is 10.6 Å². The molecule has 0 radical (unpaired) electrons. The van der Waals surface area contributed by atoms with Gasteiger partial charge in [-0.1, -0.05) is 29.5 Å². The van der Waals surface area contributed by atoms with Crippen LogP contribution in [0.1, 0.15) is 5.69 Å². The monoisotopic (exact) mass is 370 g/mol. The highest BCUT2D eigenvalue weighted by Crippen LogP contribution is 2.27. The van der Waals surface area contributed by atoms with Gasteiger partial charge in [0.1, 0.15) is 10.7 Å². The largest absolute Gasteiger partial charge is 0.296 e. The van der Waals surface area contributed by atoms with Crippen LogP contribution in [0.25, 0.3) is 15.5 Å². The lowest BCUT2D eigenvalue weighted by Gasteiger charge is -1.97. The third kappa shape index (κ3) is 1.83. The van der Waals surface area contributed by atoms with Crippen molar-refractivity contribution in [3.05, 3.63) is 43.9 Å². The summed E-state index contributed by atoms with van der Waals surface area (Å²) in [6, 6.07) is 7.89. The standard InChI is InChI=1S/C11H7IN4OS/c1-6-10(17)16-11(14-13-6)18-9(15-16)7-4-2-3-5-8(7)12/h2-5H,1H3. The molecule has 0 amide bonds. The zero-order valence-corrected chi connectivity index (χ0v) is 12.3. The van der Waals surface area contributed by atoms with E-state index in [0.29, 0.717) is 10.7 Å². The number of halogens is 1. The Morgan fingerprint density at radius 1 is 1.28 bits per heavy atom. The number of benzene rings is 1. The van der Waals surface area contributed by atoms with Crippen molar-refractivity contribution >= 4 is 38.9 Å². The van der Waals surface area contributed by atoms with E-state index < -0.39 is 0 Å². The Bertz CT molecular complexity index is 795. The second-order valence-electron chi connectivity index (χ2n) is 3.67. The van der Waals surface area contributed by atoms with Gasteiger partial charge < -0.3 is 0 Å². The number of aryl methyl sites for hydroxylation is 1. The molecule has 18 heavy (non-hydrogen) atoms. The summed E-state index contributed by atoms with van der Waals surface area (Å²) in [6.07, 6.45) is 0. The average molecular weight is 370 g/mol. The van der Waals surface area contributed by atoms with Crippen molar-refractivity contribution in [2.45, 2.75) is 6.92 Å². The minimum atomic E-state index is -0.214. The van der Waals surface area contributed by atoms with Gasteiger partial charge in [0.25, 0.3) is 5.56 Å². The van der Waals surface area contributed by atoms with Crippen LogP contribution >= 0.6 is 33.9 Å². The summed E-state index contributed by atoms with van der Waals surface area (Å²) in [5.74, 6) is 0. The van der Waals surface area contributed by atoms with Crippen LogP contribution in [0.15, 0.2) is 29.1 Å². The first-order valence-electron chi connectivity index (χ1n) is 5.15. The van der Waals surface area contributed by atoms with Gasteiger partial charge in [-0.25, -0.2) is 0 Å². The molecule has 0 aliphatic carbocycles. The topological polar surface area (TPSA) is 60.1 Å². The first kappa shape index (κ1) is 11.7. The highest BCUT2D eigenvalue weighted by atomic mass is 127. The van der Waals surface area contributed by atoms with Gasteiger partial charge in [-0.15, -0.1) is 10.2 Å². The van der Waals surface area contributed by atoms with Crippen LogP contribution in [0, 0.1) is 10.5 Å². The van der Waals surface area contributed by atoms with E-state index >= 15 is 0 Å². The summed E-state index contributed by atoms with van der Waals surface area (Å²) in [4.78, 5) is 12.4. The molecule has 7 heteroatoms. The maximum atomic E-state index is 11.9. The van der Waals surface area contributed by atoms with Gasteiger partial charge in [-0.2, -0.15) is 9.61 Å². The number of nitrogens with zero attached hydrogens (tertiary/aromatic N) is 4. The maximum Gasteiger partial charge on any atom is 0.296 e. The normalized spacial score (nSPS) is 11.0. The molecule has 0 saturated carbocycles. The zero-order chi connectivity index (χ0) is 12.7. The number of aromatic nitrogens is 4. The van der Waals surface area contributed by atoms with E-state index in [4.69, 9.17) is 0 Å². The van der Waals surface area contributed by atoms with Gasteiger partial charge in [0.05, 0.1) is 0 Å². The van der Waals surface area contributed by atoms with Crippen molar-refractivity contribution in [2.75, 3.05) is 0 Å². The van der Waals surface area contributed by atoms with Crippen molar-refractivity contribution in [1.29, 1.82) is 0 Å². The van der Waals surface area contributed by atoms with Crippen LogP contribution in [0.2, 0.25) is 0 Å². The van der Waals surface area contributed by atoms with Crippen molar-refractivity contribution in [2.24, 2.45) is 0 Å². The summed E-state index contributed by atoms with van der Waals surface area (Å²) in [6.45, 7) is 1.63. The summed E-state index contributed by atoms with van der Waals surface area (Å²) in [5.41, 5.74) is 1.14. The Kier molecular flexibility index (Phi) is 2.86. The van der Waals surface area contributed by atoms with Gasteiger partial charge in [-0.3, -0.25) is 4.79 Å². The van der Waals surface area contributed by atoms with Crippen LogP contribution in [0.3, 0.4) is 0 Å². The molecule has 0 bridgehead atoms. The lowest BCUT2D eigenvalue weighted by atomic mass is 10.2. The van der Waals surface area contributed by atoms with Gasteiger partial charge in [0.15, 0.2) is 0 Å². The molecule has 0 unspecified atom stereocenters. The molecule has 2 aromatic heterocycles. The molecule has 90 valence electrons. The summed E-state index contributed by atoms with van der Waals surface area (Å²) < 4.78 is 2.40. The van der Waals surface area contributed by atoms with Gasteiger partial charge in [0.2, 0.25) is 4.96 Å². The third-order valence-electron chi connectivity index (χ3n) is 2.45. The van der Waals surface area contributed by atoms with E-state index in [2.05, 4.69) is 37.9 Å². The Morgan fingerprint density at radius 2 is 2.06 bits per heavy atom. The molecule has 0 fully saturated rings. The lowest BCUT2D eigenvalue weighted by Crippen LogP contribution is -2.19. The quantitative estimate of drug-likeness (QED) is 0.616. The summed E-state index contributed by atoms with van der Waals surface area (Å²) in [5, 5.41) is 12.9. The van der Waals surface area contributed by atoms with E-state index in [9.17, 15) is 4.79 Å². The maximum absolute atomic E-state index is 11.9. The molecule has 3 rings (SSSR count). The van der Waals surface area contributed by atoms with Crippen LogP contribution in [0.4, 0.5) is 0 Å². The third-order valence-corrected chi connectivity index (χ3v) is 4.32. The van der Waals surface area contributed by atoms with E-state index in [1.165, 1.54) is 15.9 Å². The molecule has 0 atom stereocenters. The van der Waals surface area contributed by atoms with Crippen LogP contribution < -0.4 is 5.56 Å². The summed E-state index contributed by atoms with van der Waals surface area (Å²) >= 11 is 3.61. The predicted molar refractivity (Wildman–Crippen MR) is 77.8 cm³/mol. The molecule has 0 N–H and O–H groups in total. The van der Waals surface area contributed by atoms with Gasteiger partial charge in [-0.05, 0) is 35.6 Å². The summed E-state index contributed by atoms with van der Waals surface area (Å²) in [7, 11) is 0. The first-order valence-corrected chi connectivity index (χ1v) is 7.04. The fourth-order valence-corrected chi connectivity index (χ4v) is 3.24. The minimum Gasteiger partial charge on any atom is -0.265 e. The minimum absolute atomic E-state index is 0.214. The Hall–Kier alpha value is -1.35. The van der Waals surface area contributed by atoms with Gasteiger partial charge in [0, 0.05) is 9.13 Å².